The maximum absolute atomic E-state index is 14.1. The second kappa shape index (κ2) is 13.9. The summed E-state index contributed by atoms with van der Waals surface area (Å²) >= 11 is 7.65. The van der Waals surface area contributed by atoms with Gasteiger partial charge in [-0.2, -0.15) is 0 Å². The molecule has 2 heterocycles. The number of fused-ring (bicyclic) bond motifs is 1. The average molecular weight is 629 g/mol. The van der Waals surface area contributed by atoms with Gasteiger partial charge in [0, 0.05) is 16.1 Å². The van der Waals surface area contributed by atoms with Gasteiger partial charge in [-0.25, -0.2) is 9.79 Å². The normalized spacial score (nSPS) is 14.5. The van der Waals surface area contributed by atoms with Crippen molar-refractivity contribution >= 4 is 35.0 Å². The number of benzene rings is 3. The zero-order valence-corrected chi connectivity index (χ0v) is 26.4. The number of carbonyl (C=O) groups is 1. The van der Waals surface area contributed by atoms with E-state index in [4.69, 9.17) is 30.8 Å². The van der Waals surface area contributed by atoms with Gasteiger partial charge in [0.2, 0.25) is 0 Å². The molecule has 0 saturated heterocycles. The molecule has 0 saturated carbocycles. The minimum atomic E-state index is -0.659. The maximum Gasteiger partial charge on any atom is 0.338 e. The monoisotopic (exact) mass is 628 g/mol. The third-order valence-electron chi connectivity index (χ3n) is 7.21. The minimum Gasteiger partial charge on any atom is -0.490 e. The third-order valence-corrected chi connectivity index (χ3v) is 8.56. The Hall–Kier alpha value is -4.40. The number of nitrogens with zero attached hydrogens (tertiary/aromatic N) is 2. The van der Waals surface area contributed by atoms with Gasteiger partial charge in [0.1, 0.15) is 6.61 Å². The van der Waals surface area contributed by atoms with Crippen molar-refractivity contribution < 1.29 is 19.0 Å². The highest BCUT2D eigenvalue weighted by Gasteiger charge is 2.33. The van der Waals surface area contributed by atoms with E-state index in [-0.39, 0.29) is 12.2 Å². The summed E-state index contributed by atoms with van der Waals surface area (Å²) in [7, 11) is 1.34. The Morgan fingerprint density at radius 3 is 2.50 bits per heavy atom. The van der Waals surface area contributed by atoms with Crippen LogP contribution in [0.2, 0.25) is 5.02 Å². The quantitative estimate of drug-likeness (QED) is 0.147. The lowest BCUT2D eigenvalue weighted by Crippen LogP contribution is -2.40. The van der Waals surface area contributed by atoms with Crippen molar-refractivity contribution in [3.8, 4) is 11.5 Å². The van der Waals surface area contributed by atoms with Gasteiger partial charge in [0.25, 0.3) is 5.56 Å². The van der Waals surface area contributed by atoms with E-state index in [2.05, 4.69) is 6.58 Å². The van der Waals surface area contributed by atoms with Crippen LogP contribution in [-0.4, -0.2) is 24.3 Å². The first-order valence-electron chi connectivity index (χ1n) is 14.3. The lowest BCUT2D eigenvalue weighted by molar-refractivity contribution is -0.136. The van der Waals surface area contributed by atoms with Crippen molar-refractivity contribution in [2.75, 3.05) is 13.7 Å². The highest BCUT2D eigenvalue weighted by atomic mass is 35.5. The summed E-state index contributed by atoms with van der Waals surface area (Å²) in [4.78, 5) is 32.4. The molecule has 1 atom stereocenters. The van der Waals surface area contributed by atoms with E-state index in [1.807, 2.05) is 86.7 Å². The van der Waals surface area contributed by atoms with Crippen LogP contribution in [0.25, 0.3) is 6.08 Å². The molecule has 0 aliphatic carbocycles. The lowest BCUT2D eigenvalue weighted by atomic mass is 9.95. The number of rotatable bonds is 11. The lowest BCUT2D eigenvalue weighted by Gasteiger charge is -2.25. The van der Waals surface area contributed by atoms with Crippen LogP contribution in [0.15, 0.2) is 100 Å². The van der Waals surface area contributed by atoms with Gasteiger partial charge in [-0.3, -0.25) is 9.36 Å². The highest BCUT2D eigenvalue weighted by molar-refractivity contribution is 7.07. The SMILES string of the molecule is C=CCc1cc(/C=c2\sc3n(c2=O)[C@H](c2ccccc2)C(C(=O)OC)=C(CC)N=3)cc(OCC)c1OCc1ccccc1Cl. The molecule has 0 unspecified atom stereocenters. The van der Waals surface area contributed by atoms with Gasteiger partial charge < -0.3 is 14.2 Å². The van der Waals surface area contributed by atoms with E-state index >= 15 is 0 Å². The number of aromatic nitrogens is 1. The van der Waals surface area contributed by atoms with Crippen molar-refractivity contribution in [3.63, 3.8) is 0 Å². The van der Waals surface area contributed by atoms with Crippen LogP contribution in [0.4, 0.5) is 0 Å². The van der Waals surface area contributed by atoms with E-state index < -0.39 is 12.0 Å². The van der Waals surface area contributed by atoms with Crippen LogP contribution in [0.1, 0.15) is 48.6 Å². The Kier molecular flexibility index (Phi) is 9.82. The Bertz CT molecular complexity index is 1910. The number of allylic oxidation sites excluding steroid dienone is 2. The fourth-order valence-electron chi connectivity index (χ4n) is 5.23. The number of halogens is 1. The van der Waals surface area contributed by atoms with Crippen LogP contribution in [-0.2, 0) is 22.6 Å². The summed E-state index contributed by atoms with van der Waals surface area (Å²) in [5, 5.41) is 0.623. The van der Waals surface area contributed by atoms with E-state index in [0.717, 1.165) is 22.3 Å². The Labute approximate surface area is 265 Å². The molecule has 226 valence electrons. The van der Waals surface area contributed by atoms with E-state index in [0.29, 0.717) is 56.6 Å². The third kappa shape index (κ3) is 6.27. The molecule has 0 spiro atoms. The topological polar surface area (TPSA) is 79.1 Å². The van der Waals surface area contributed by atoms with Crippen molar-refractivity contribution in [1.29, 1.82) is 0 Å². The Balaban J connectivity index is 1.64. The molecule has 4 aromatic rings. The highest BCUT2D eigenvalue weighted by Crippen LogP contribution is 2.36. The number of methoxy groups -OCH3 is 1. The molecule has 44 heavy (non-hydrogen) atoms. The second-order valence-electron chi connectivity index (χ2n) is 10.0. The fourth-order valence-corrected chi connectivity index (χ4v) is 6.44. The number of esters is 1. The number of thiazole rings is 1. The van der Waals surface area contributed by atoms with Crippen LogP contribution < -0.4 is 24.4 Å². The van der Waals surface area contributed by atoms with Crippen molar-refractivity contribution in [1.82, 2.24) is 4.57 Å². The van der Waals surface area contributed by atoms with E-state index in [9.17, 15) is 9.59 Å². The molecular weight excluding hydrogens is 596 g/mol. The molecule has 0 N–H and O–H groups in total. The van der Waals surface area contributed by atoms with E-state index in [1.165, 1.54) is 18.4 Å². The molecule has 0 radical (unpaired) electrons. The molecule has 1 aliphatic heterocycles. The molecule has 1 aliphatic rings. The second-order valence-corrected chi connectivity index (χ2v) is 11.4. The van der Waals surface area contributed by atoms with Gasteiger partial charge in [-0.05, 0) is 55.2 Å². The van der Waals surface area contributed by atoms with Gasteiger partial charge in [0.15, 0.2) is 16.3 Å². The molecule has 5 rings (SSSR count). The first kappa shape index (κ1) is 31.0. The summed E-state index contributed by atoms with van der Waals surface area (Å²) in [6.45, 7) is 8.46. The maximum atomic E-state index is 14.1. The summed E-state index contributed by atoms with van der Waals surface area (Å²) in [5.74, 6) is 0.655. The van der Waals surface area contributed by atoms with Gasteiger partial charge in [-0.15, -0.1) is 6.58 Å². The summed E-state index contributed by atoms with van der Waals surface area (Å²) < 4.78 is 19.5. The van der Waals surface area contributed by atoms with Gasteiger partial charge in [0.05, 0.1) is 35.6 Å². The number of hydrogen-bond donors (Lipinski definition) is 0. The van der Waals surface area contributed by atoms with Crippen molar-refractivity contribution in [2.24, 2.45) is 4.99 Å². The zero-order chi connectivity index (χ0) is 31.2. The number of carbonyl (C=O) groups excluding carboxylic acids is 1. The number of hydrogen-bond acceptors (Lipinski definition) is 7. The first-order valence-corrected chi connectivity index (χ1v) is 15.5. The predicted molar refractivity (Wildman–Crippen MR) is 174 cm³/mol. The van der Waals surface area contributed by atoms with Crippen LogP contribution in [0.3, 0.4) is 0 Å². The van der Waals surface area contributed by atoms with Crippen LogP contribution >= 0.6 is 22.9 Å². The standard InChI is InChI=1S/C35H33ClN2O5S/c1-5-13-24-18-22(19-28(42-7-3)32(24)43-21-25-16-11-12-17-26(25)36)20-29-33(39)38-31(23-14-9-8-10-15-23)30(34(40)41-4)27(6-2)37-35(38)44-29/h5,8-12,14-20,31H,1,6-7,13,21H2,2-4H3/b29-20-/t31-/m1/s1. The molecule has 1 aromatic heterocycles. The fraction of sp³-hybridized carbons (Fsp3) is 0.229. The number of ether oxygens (including phenoxy) is 3. The Morgan fingerprint density at radius 2 is 1.82 bits per heavy atom. The summed E-state index contributed by atoms with van der Waals surface area (Å²) in [5.41, 5.74) is 4.00. The molecule has 0 bridgehead atoms. The molecule has 7 nitrogen and oxygen atoms in total. The van der Waals surface area contributed by atoms with E-state index in [1.54, 1.807) is 10.6 Å². The largest absolute Gasteiger partial charge is 0.490 e. The molecule has 9 heteroatoms. The minimum absolute atomic E-state index is 0.249. The predicted octanol–water partition coefficient (Wildman–Crippen LogP) is 6.16. The van der Waals surface area contributed by atoms with Gasteiger partial charge >= 0.3 is 5.97 Å². The van der Waals surface area contributed by atoms with Crippen LogP contribution in [0.5, 0.6) is 11.5 Å². The smallest absolute Gasteiger partial charge is 0.338 e. The molecule has 0 amide bonds. The first-order chi connectivity index (χ1) is 21.4. The molecule has 0 fully saturated rings. The summed E-state index contributed by atoms with van der Waals surface area (Å²) in [6.07, 6.45) is 4.66. The van der Waals surface area contributed by atoms with Crippen molar-refractivity contribution in [2.45, 2.75) is 39.3 Å². The Morgan fingerprint density at radius 1 is 1.07 bits per heavy atom. The molecular formula is C35H33ClN2O5S. The summed E-state index contributed by atoms with van der Waals surface area (Å²) in [6, 6.07) is 20.2. The van der Waals surface area contributed by atoms with Crippen LogP contribution in [0, 0.1) is 0 Å². The molecule has 3 aromatic carbocycles. The average Bonchev–Trinajstić information content (AvgIpc) is 3.34. The zero-order valence-electron chi connectivity index (χ0n) is 24.8. The van der Waals surface area contributed by atoms with Gasteiger partial charge in [-0.1, -0.05) is 84.5 Å². The van der Waals surface area contributed by atoms with Crippen molar-refractivity contribution in [3.05, 3.63) is 138 Å².